The van der Waals surface area contributed by atoms with Gasteiger partial charge < -0.3 is 14.6 Å². The Kier molecular flexibility index (Phi) is 6.43. The van der Waals surface area contributed by atoms with E-state index in [1.165, 1.54) is 0 Å². The van der Waals surface area contributed by atoms with Gasteiger partial charge in [0.2, 0.25) is 0 Å². The van der Waals surface area contributed by atoms with Crippen LogP contribution in [0.3, 0.4) is 0 Å². The molecular weight excluding hydrogens is 240 g/mol. The number of benzene rings is 1. The first-order chi connectivity index (χ1) is 9.05. The summed E-state index contributed by atoms with van der Waals surface area (Å²) >= 11 is 0. The molecule has 0 unspecified atom stereocenters. The minimum atomic E-state index is -0.360. The monoisotopic (exact) mass is 264 g/mol. The Labute approximate surface area is 115 Å². The van der Waals surface area contributed by atoms with Crippen molar-refractivity contribution < 1.29 is 14.6 Å². The van der Waals surface area contributed by atoms with E-state index in [4.69, 9.17) is 9.47 Å². The Morgan fingerprint density at radius 3 is 2.21 bits per heavy atom. The van der Waals surface area contributed by atoms with Crippen LogP contribution in [0.15, 0.2) is 36.9 Å². The predicted molar refractivity (Wildman–Crippen MR) is 77.7 cm³/mol. The van der Waals surface area contributed by atoms with Gasteiger partial charge in [0.1, 0.15) is 17.6 Å². The average molecular weight is 264 g/mol. The van der Waals surface area contributed by atoms with Gasteiger partial charge in [0.25, 0.3) is 0 Å². The summed E-state index contributed by atoms with van der Waals surface area (Å²) in [6.07, 6.45) is 2.53. The summed E-state index contributed by atoms with van der Waals surface area (Å²) in [5.41, 5.74) is 0. The molecule has 0 saturated carbocycles. The zero-order valence-corrected chi connectivity index (χ0v) is 12.0. The van der Waals surface area contributed by atoms with Crippen LogP contribution < -0.4 is 9.47 Å². The van der Waals surface area contributed by atoms with Gasteiger partial charge >= 0.3 is 0 Å². The highest BCUT2D eigenvalue weighted by molar-refractivity contribution is 5.31. The summed E-state index contributed by atoms with van der Waals surface area (Å²) in [6.45, 7) is 7.95. The summed E-state index contributed by atoms with van der Waals surface area (Å²) in [5, 5.41) is 9.93. The summed E-state index contributed by atoms with van der Waals surface area (Å²) < 4.78 is 10.9. The summed E-state index contributed by atoms with van der Waals surface area (Å²) in [5.74, 6) is 2.02. The van der Waals surface area contributed by atoms with Crippen molar-refractivity contribution in [2.75, 3.05) is 7.11 Å². The van der Waals surface area contributed by atoms with E-state index in [0.717, 1.165) is 17.9 Å². The molecule has 1 rings (SSSR count). The predicted octanol–water partition coefficient (Wildman–Crippen LogP) is 3.43. The molecule has 0 heterocycles. The normalized spacial score (nSPS) is 13.9. The van der Waals surface area contributed by atoms with Crippen molar-refractivity contribution >= 4 is 0 Å². The van der Waals surface area contributed by atoms with E-state index in [2.05, 4.69) is 20.4 Å². The maximum absolute atomic E-state index is 9.93. The first kappa shape index (κ1) is 15.6. The van der Waals surface area contributed by atoms with Crippen LogP contribution in [0.4, 0.5) is 0 Å². The van der Waals surface area contributed by atoms with Gasteiger partial charge in [0.15, 0.2) is 0 Å². The Balaban J connectivity index is 2.53. The molecule has 1 aromatic rings. The van der Waals surface area contributed by atoms with Crippen LogP contribution in [0, 0.1) is 5.92 Å². The van der Waals surface area contributed by atoms with Crippen LogP contribution in [0.5, 0.6) is 11.5 Å². The van der Waals surface area contributed by atoms with Crippen molar-refractivity contribution in [3.05, 3.63) is 36.9 Å². The summed E-state index contributed by atoms with van der Waals surface area (Å²) in [7, 11) is 1.63. The maximum Gasteiger partial charge on any atom is 0.120 e. The van der Waals surface area contributed by atoms with E-state index in [9.17, 15) is 5.11 Å². The molecule has 0 saturated heterocycles. The van der Waals surface area contributed by atoms with Crippen LogP contribution in [0.2, 0.25) is 0 Å². The molecule has 0 bridgehead atoms. The third kappa shape index (κ3) is 5.79. The SMILES string of the molecule is C=C[C@@H](C[C@H](O)CC(C)C)Oc1ccc(OC)cc1. The Bertz CT molecular complexity index is 370. The largest absolute Gasteiger partial charge is 0.497 e. The van der Waals surface area contributed by atoms with Crippen molar-refractivity contribution in [1.29, 1.82) is 0 Å². The molecule has 0 aromatic heterocycles. The molecule has 2 atom stereocenters. The fraction of sp³-hybridized carbons (Fsp3) is 0.500. The van der Waals surface area contributed by atoms with Crippen LogP contribution in [0.25, 0.3) is 0 Å². The van der Waals surface area contributed by atoms with Crippen LogP contribution in [-0.4, -0.2) is 24.4 Å². The fourth-order valence-corrected chi connectivity index (χ4v) is 1.93. The van der Waals surface area contributed by atoms with Crippen LogP contribution >= 0.6 is 0 Å². The molecule has 0 radical (unpaired) electrons. The van der Waals surface area contributed by atoms with E-state index in [-0.39, 0.29) is 12.2 Å². The first-order valence-corrected chi connectivity index (χ1v) is 6.66. The van der Waals surface area contributed by atoms with Gasteiger partial charge in [-0.15, -0.1) is 0 Å². The molecule has 3 heteroatoms. The van der Waals surface area contributed by atoms with Crippen molar-refractivity contribution in [3.63, 3.8) is 0 Å². The maximum atomic E-state index is 9.93. The number of aliphatic hydroxyl groups is 1. The van der Waals surface area contributed by atoms with Crippen molar-refractivity contribution in [1.82, 2.24) is 0 Å². The fourth-order valence-electron chi connectivity index (χ4n) is 1.93. The molecule has 0 aliphatic rings. The molecule has 0 fully saturated rings. The van der Waals surface area contributed by atoms with E-state index in [0.29, 0.717) is 12.3 Å². The minimum absolute atomic E-state index is 0.179. The van der Waals surface area contributed by atoms with E-state index >= 15 is 0 Å². The zero-order valence-electron chi connectivity index (χ0n) is 12.0. The third-order valence-electron chi connectivity index (χ3n) is 2.86. The molecule has 19 heavy (non-hydrogen) atoms. The number of ether oxygens (including phenoxy) is 2. The highest BCUT2D eigenvalue weighted by Gasteiger charge is 2.14. The highest BCUT2D eigenvalue weighted by Crippen LogP contribution is 2.20. The molecule has 1 N–H and O–H groups in total. The topological polar surface area (TPSA) is 38.7 Å². The van der Waals surface area contributed by atoms with E-state index in [1.807, 2.05) is 24.3 Å². The van der Waals surface area contributed by atoms with E-state index in [1.54, 1.807) is 13.2 Å². The lowest BCUT2D eigenvalue weighted by molar-refractivity contribution is 0.0976. The lowest BCUT2D eigenvalue weighted by Crippen LogP contribution is -2.22. The smallest absolute Gasteiger partial charge is 0.120 e. The van der Waals surface area contributed by atoms with Crippen LogP contribution in [-0.2, 0) is 0 Å². The molecule has 1 aromatic carbocycles. The molecule has 0 aliphatic heterocycles. The number of rotatable bonds is 8. The van der Waals surface area contributed by atoms with Gasteiger partial charge in [-0.25, -0.2) is 0 Å². The lowest BCUT2D eigenvalue weighted by atomic mass is 10.0. The van der Waals surface area contributed by atoms with Gasteiger partial charge in [-0.05, 0) is 36.6 Å². The van der Waals surface area contributed by atoms with Gasteiger partial charge in [-0.3, -0.25) is 0 Å². The lowest BCUT2D eigenvalue weighted by Gasteiger charge is -2.20. The molecule has 106 valence electrons. The first-order valence-electron chi connectivity index (χ1n) is 6.66. The summed E-state index contributed by atoms with van der Waals surface area (Å²) in [6, 6.07) is 7.40. The van der Waals surface area contributed by atoms with E-state index < -0.39 is 0 Å². The van der Waals surface area contributed by atoms with Gasteiger partial charge in [0, 0.05) is 6.42 Å². The number of methoxy groups -OCH3 is 1. The quantitative estimate of drug-likeness (QED) is 0.731. The number of hydrogen-bond donors (Lipinski definition) is 1. The molecule has 3 nitrogen and oxygen atoms in total. The van der Waals surface area contributed by atoms with Gasteiger partial charge in [0.05, 0.1) is 13.2 Å². The van der Waals surface area contributed by atoms with Gasteiger partial charge in [-0.2, -0.15) is 0 Å². The second-order valence-corrected chi connectivity index (χ2v) is 5.09. The van der Waals surface area contributed by atoms with Crippen molar-refractivity contribution in [3.8, 4) is 11.5 Å². The Hall–Kier alpha value is -1.48. The molecule has 0 amide bonds. The second-order valence-electron chi connectivity index (χ2n) is 5.09. The standard InChI is InChI=1S/C16H24O3/c1-5-14(11-13(17)10-12(2)3)19-16-8-6-15(18-4)7-9-16/h5-9,12-14,17H,1,10-11H2,2-4H3/t13-,14+/m1/s1. The summed E-state index contributed by atoms with van der Waals surface area (Å²) in [4.78, 5) is 0. The minimum Gasteiger partial charge on any atom is -0.497 e. The zero-order chi connectivity index (χ0) is 14.3. The Morgan fingerprint density at radius 1 is 1.16 bits per heavy atom. The van der Waals surface area contributed by atoms with Gasteiger partial charge in [-0.1, -0.05) is 26.5 Å². The molecular formula is C16H24O3. The second kappa shape index (κ2) is 7.85. The number of hydrogen-bond acceptors (Lipinski definition) is 3. The Morgan fingerprint density at radius 2 is 1.74 bits per heavy atom. The molecule has 0 aliphatic carbocycles. The van der Waals surface area contributed by atoms with Crippen molar-refractivity contribution in [2.45, 2.75) is 38.9 Å². The number of aliphatic hydroxyl groups excluding tert-OH is 1. The third-order valence-corrected chi connectivity index (χ3v) is 2.86. The molecule has 0 spiro atoms. The van der Waals surface area contributed by atoms with Crippen LogP contribution in [0.1, 0.15) is 26.7 Å². The van der Waals surface area contributed by atoms with Crippen molar-refractivity contribution in [2.24, 2.45) is 5.92 Å². The average Bonchev–Trinajstić information content (AvgIpc) is 2.37. The highest BCUT2D eigenvalue weighted by atomic mass is 16.5.